The fourth-order valence-electron chi connectivity index (χ4n) is 6.27. The normalized spacial score (nSPS) is 23.1. The molecule has 1 aromatic heterocycles. The molecule has 0 spiro atoms. The molecule has 1 saturated heterocycles. The van der Waals surface area contributed by atoms with Crippen molar-refractivity contribution < 1.29 is 32.2 Å². The molecule has 204 valence electrons. The maximum absolute atomic E-state index is 14.7. The van der Waals surface area contributed by atoms with Gasteiger partial charge in [0, 0.05) is 28.8 Å². The van der Waals surface area contributed by atoms with Crippen molar-refractivity contribution in [1.82, 2.24) is 4.98 Å². The predicted molar refractivity (Wildman–Crippen MR) is 143 cm³/mol. The van der Waals surface area contributed by atoms with Crippen molar-refractivity contribution in [2.75, 3.05) is 11.5 Å². The van der Waals surface area contributed by atoms with Crippen LogP contribution in [0.2, 0.25) is 0 Å². The van der Waals surface area contributed by atoms with E-state index < -0.39 is 15.8 Å². The third kappa shape index (κ3) is 5.00. The number of carboxylic acids is 1. The number of aromatic nitrogens is 1. The van der Waals surface area contributed by atoms with Gasteiger partial charge in [-0.05, 0) is 85.5 Å². The molecule has 3 aliphatic rings. The molecule has 9 heteroatoms. The van der Waals surface area contributed by atoms with Crippen LogP contribution in [0.4, 0.5) is 4.39 Å². The van der Waals surface area contributed by atoms with E-state index in [1.165, 1.54) is 6.07 Å². The van der Waals surface area contributed by atoms with E-state index in [9.17, 15) is 22.7 Å². The Hall–Kier alpha value is -3.46. The number of rotatable bonds is 7. The van der Waals surface area contributed by atoms with E-state index >= 15 is 0 Å². The molecule has 7 nitrogen and oxygen atoms in total. The zero-order valence-corrected chi connectivity index (χ0v) is 22.6. The first-order valence-corrected chi connectivity index (χ1v) is 15.0. The Morgan fingerprint density at radius 3 is 2.59 bits per heavy atom. The highest BCUT2D eigenvalue weighted by Crippen LogP contribution is 2.61. The second-order valence-corrected chi connectivity index (χ2v) is 13.2. The second-order valence-electron chi connectivity index (χ2n) is 10.9. The monoisotopic (exact) mass is 551 g/mol. The van der Waals surface area contributed by atoms with Crippen LogP contribution in [-0.2, 0) is 27.7 Å². The second kappa shape index (κ2) is 9.62. The molecule has 3 atom stereocenters. The smallest absolute Gasteiger partial charge is 0.307 e. The zero-order valence-electron chi connectivity index (χ0n) is 21.8. The summed E-state index contributed by atoms with van der Waals surface area (Å²) in [6, 6.07) is 12.5. The third-order valence-corrected chi connectivity index (χ3v) is 9.99. The molecule has 2 heterocycles. The van der Waals surface area contributed by atoms with Crippen molar-refractivity contribution in [3.63, 3.8) is 0 Å². The minimum Gasteiger partial charge on any atom is -0.489 e. The highest BCUT2D eigenvalue weighted by Gasteiger charge is 2.59. The van der Waals surface area contributed by atoms with E-state index in [2.05, 4.69) is 4.98 Å². The molecule has 0 unspecified atom stereocenters. The summed E-state index contributed by atoms with van der Waals surface area (Å²) in [5.41, 5.74) is 6.00. The molecule has 2 aromatic carbocycles. The minimum atomic E-state index is -2.97. The van der Waals surface area contributed by atoms with Gasteiger partial charge in [-0.15, -0.1) is 0 Å². The summed E-state index contributed by atoms with van der Waals surface area (Å²) in [5, 5.41) is 9.32. The maximum Gasteiger partial charge on any atom is 0.307 e. The standard InChI is InChI=1S/C30H30FNO6S/c1-16-11-26(38-21-7-9-39(35,36)10-8-21)32-17(2)27(16)18-3-6-25(31)20(12-18)15-37-22-4-5-23-19(13-22)14-24-28(23)29(24)30(33)34/h3-6,11-13,21,24,28-29H,7-10,14-15H2,1-2H3,(H,33,34)/t24-,28+,29+/m1/s1. The Morgan fingerprint density at radius 1 is 1.10 bits per heavy atom. The number of carbonyl (C=O) groups is 1. The van der Waals surface area contributed by atoms with Gasteiger partial charge >= 0.3 is 5.97 Å². The summed E-state index contributed by atoms with van der Waals surface area (Å²) in [5.74, 6) is 0.294. The molecule has 2 fully saturated rings. The predicted octanol–water partition coefficient (Wildman–Crippen LogP) is 5.01. The fourth-order valence-corrected chi connectivity index (χ4v) is 7.72. The van der Waals surface area contributed by atoms with Gasteiger partial charge in [0.2, 0.25) is 5.88 Å². The van der Waals surface area contributed by atoms with Crippen LogP contribution in [0, 0.1) is 31.5 Å². The molecular weight excluding hydrogens is 521 g/mol. The first-order valence-electron chi connectivity index (χ1n) is 13.2. The summed E-state index contributed by atoms with van der Waals surface area (Å²) < 4.78 is 50.1. The Bertz CT molecular complexity index is 1550. The molecule has 1 aliphatic heterocycles. The van der Waals surface area contributed by atoms with Gasteiger partial charge in [0.05, 0.1) is 17.4 Å². The Labute approximate surface area is 226 Å². The lowest BCUT2D eigenvalue weighted by Crippen LogP contribution is -2.31. The highest BCUT2D eigenvalue weighted by atomic mass is 32.2. The number of carboxylic acid groups (broad SMARTS) is 1. The molecule has 1 saturated carbocycles. The number of aliphatic carboxylic acids is 1. The summed E-state index contributed by atoms with van der Waals surface area (Å²) >= 11 is 0. The lowest BCUT2D eigenvalue weighted by molar-refractivity contribution is -0.139. The first kappa shape index (κ1) is 25.8. The molecule has 3 aromatic rings. The minimum absolute atomic E-state index is 0.0559. The van der Waals surface area contributed by atoms with Crippen LogP contribution < -0.4 is 9.47 Å². The van der Waals surface area contributed by atoms with E-state index in [4.69, 9.17) is 9.47 Å². The van der Waals surface area contributed by atoms with Crippen molar-refractivity contribution in [2.24, 2.45) is 11.8 Å². The number of hydrogen-bond acceptors (Lipinski definition) is 6. The van der Waals surface area contributed by atoms with Gasteiger partial charge in [-0.25, -0.2) is 17.8 Å². The highest BCUT2D eigenvalue weighted by molar-refractivity contribution is 7.91. The van der Waals surface area contributed by atoms with Crippen LogP contribution in [0.3, 0.4) is 0 Å². The van der Waals surface area contributed by atoms with Crippen molar-refractivity contribution in [1.29, 1.82) is 0 Å². The first-order chi connectivity index (χ1) is 18.6. The lowest BCUT2D eigenvalue weighted by Gasteiger charge is -2.23. The summed E-state index contributed by atoms with van der Waals surface area (Å²) in [6.07, 6.45) is 1.48. The number of nitrogens with zero attached hydrogens (tertiary/aromatic N) is 1. The Balaban J connectivity index is 1.16. The number of halogens is 1. The van der Waals surface area contributed by atoms with Crippen LogP contribution in [-0.4, -0.2) is 42.1 Å². The average Bonchev–Trinajstić information content (AvgIpc) is 3.47. The lowest BCUT2D eigenvalue weighted by atomic mass is 9.97. The summed E-state index contributed by atoms with van der Waals surface area (Å²) in [6.45, 7) is 3.89. The average molecular weight is 552 g/mol. The van der Waals surface area contributed by atoms with Gasteiger partial charge in [-0.2, -0.15) is 0 Å². The number of hydrogen-bond donors (Lipinski definition) is 1. The van der Waals surface area contributed by atoms with Crippen LogP contribution in [0.5, 0.6) is 11.6 Å². The van der Waals surface area contributed by atoms with Crippen LogP contribution in [0.1, 0.15) is 46.7 Å². The molecule has 39 heavy (non-hydrogen) atoms. The van der Waals surface area contributed by atoms with Gasteiger partial charge in [-0.1, -0.05) is 12.1 Å². The van der Waals surface area contributed by atoms with Crippen LogP contribution in [0.25, 0.3) is 11.1 Å². The SMILES string of the molecule is Cc1cc(OC2CCS(=O)(=O)CC2)nc(C)c1-c1ccc(F)c(COc2ccc3c(c2)C[C@H]2[C@H](C(=O)O)[C@@H]32)c1. The van der Waals surface area contributed by atoms with E-state index in [1.54, 1.807) is 12.1 Å². The van der Waals surface area contributed by atoms with Gasteiger partial charge in [-0.3, -0.25) is 4.79 Å². The Kier molecular flexibility index (Phi) is 6.37. The fraction of sp³-hybridized carbons (Fsp3) is 0.400. The molecule has 2 aliphatic carbocycles. The largest absolute Gasteiger partial charge is 0.489 e. The quantitative estimate of drug-likeness (QED) is 0.440. The summed E-state index contributed by atoms with van der Waals surface area (Å²) in [7, 11) is -2.97. The van der Waals surface area contributed by atoms with Crippen LogP contribution >= 0.6 is 0 Å². The van der Waals surface area contributed by atoms with E-state index in [-0.39, 0.29) is 47.8 Å². The van der Waals surface area contributed by atoms with Crippen molar-refractivity contribution in [3.05, 3.63) is 76.2 Å². The number of fused-ring (bicyclic) bond motifs is 3. The van der Waals surface area contributed by atoms with Gasteiger partial charge in [0.15, 0.2) is 9.84 Å². The maximum atomic E-state index is 14.7. The van der Waals surface area contributed by atoms with Crippen LogP contribution in [0.15, 0.2) is 42.5 Å². The molecular formula is C30H30FNO6S. The Morgan fingerprint density at radius 2 is 1.87 bits per heavy atom. The topological polar surface area (TPSA) is 103 Å². The van der Waals surface area contributed by atoms with E-state index in [0.29, 0.717) is 30.0 Å². The van der Waals surface area contributed by atoms with Gasteiger partial charge in [0.1, 0.15) is 24.3 Å². The third-order valence-electron chi connectivity index (χ3n) is 8.27. The number of pyridine rings is 1. The number of sulfone groups is 1. The molecule has 0 radical (unpaired) electrons. The van der Waals surface area contributed by atoms with Gasteiger partial charge < -0.3 is 14.6 Å². The van der Waals surface area contributed by atoms with E-state index in [1.807, 2.05) is 38.1 Å². The number of benzene rings is 2. The van der Waals surface area contributed by atoms with Crippen molar-refractivity contribution >= 4 is 15.8 Å². The molecule has 0 bridgehead atoms. The summed E-state index contributed by atoms with van der Waals surface area (Å²) in [4.78, 5) is 16.0. The van der Waals surface area contributed by atoms with E-state index in [0.717, 1.165) is 39.9 Å². The van der Waals surface area contributed by atoms with Crippen molar-refractivity contribution in [2.45, 2.75) is 51.7 Å². The molecule has 0 amide bonds. The molecule has 1 N–H and O–H groups in total. The van der Waals surface area contributed by atoms with Crippen molar-refractivity contribution in [3.8, 4) is 22.8 Å². The number of ether oxygens (including phenoxy) is 2. The zero-order chi connectivity index (χ0) is 27.5. The number of aryl methyl sites for hydroxylation is 2. The molecule has 6 rings (SSSR count). The van der Waals surface area contributed by atoms with Gasteiger partial charge in [0.25, 0.3) is 0 Å².